The molecule has 0 spiro atoms. The first-order valence-electron chi connectivity index (χ1n) is 5.68. The van der Waals surface area contributed by atoms with Gasteiger partial charge in [-0.2, -0.15) is 5.10 Å². The first-order chi connectivity index (χ1) is 7.02. The number of hydrogen-bond acceptors (Lipinski definition) is 2. The summed E-state index contributed by atoms with van der Waals surface area (Å²) in [5.74, 6) is 0.368. The smallest absolute Gasteiger partial charge is 0.0989 e. The van der Waals surface area contributed by atoms with E-state index in [9.17, 15) is 5.11 Å². The molecule has 2 rings (SSSR count). The highest BCUT2D eigenvalue weighted by Gasteiger charge is 2.40. The molecule has 2 atom stereocenters. The van der Waals surface area contributed by atoms with Crippen LogP contribution in [0.2, 0.25) is 0 Å². The SMILES string of the molecule is Cn1nccc1C(O)C1CCCC1(C)C. The van der Waals surface area contributed by atoms with Gasteiger partial charge in [-0.1, -0.05) is 20.3 Å². The molecule has 1 fully saturated rings. The van der Waals surface area contributed by atoms with Gasteiger partial charge in [0.15, 0.2) is 0 Å². The maximum Gasteiger partial charge on any atom is 0.0989 e. The molecule has 0 aliphatic heterocycles. The second-order valence-electron chi connectivity index (χ2n) is 5.31. The summed E-state index contributed by atoms with van der Waals surface area (Å²) >= 11 is 0. The van der Waals surface area contributed by atoms with Gasteiger partial charge in [0.1, 0.15) is 0 Å². The summed E-state index contributed by atoms with van der Waals surface area (Å²) in [6.45, 7) is 4.51. The Bertz CT molecular complexity index is 343. The number of aromatic nitrogens is 2. The molecule has 1 N–H and O–H groups in total. The van der Waals surface area contributed by atoms with Crippen LogP contribution in [0.15, 0.2) is 12.3 Å². The lowest BCUT2D eigenvalue weighted by Crippen LogP contribution is -2.25. The van der Waals surface area contributed by atoms with Crippen LogP contribution >= 0.6 is 0 Å². The zero-order valence-corrected chi connectivity index (χ0v) is 9.77. The lowest BCUT2D eigenvalue weighted by molar-refractivity contribution is 0.0471. The van der Waals surface area contributed by atoms with Crippen molar-refractivity contribution in [2.75, 3.05) is 0 Å². The fourth-order valence-electron chi connectivity index (χ4n) is 2.82. The van der Waals surface area contributed by atoms with Gasteiger partial charge in [0.2, 0.25) is 0 Å². The predicted octanol–water partition coefficient (Wildman–Crippen LogP) is 2.28. The fourth-order valence-corrected chi connectivity index (χ4v) is 2.82. The van der Waals surface area contributed by atoms with Gasteiger partial charge in [-0.15, -0.1) is 0 Å². The maximum absolute atomic E-state index is 10.4. The molecule has 84 valence electrons. The quantitative estimate of drug-likeness (QED) is 0.809. The Labute approximate surface area is 91.1 Å². The molecule has 0 bridgehead atoms. The second kappa shape index (κ2) is 3.63. The molecule has 3 heteroatoms. The van der Waals surface area contributed by atoms with Gasteiger partial charge in [-0.25, -0.2) is 0 Å². The summed E-state index contributed by atoms with van der Waals surface area (Å²) in [6, 6.07) is 1.92. The van der Waals surface area contributed by atoms with Gasteiger partial charge in [0.05, 0.1) is 11.8 Å². The summed E-state index contributed by atoms with van der Waals surface area (Å²) in [4.78, 5) is 0. The Kier molecular flexibility index (Phi) is 2.59. The number of aliphatic hydroxyl groups is 1. The van der Waals surface area contributed by atoms with Crippen LogP contribution in [0.25, 0.3) is 0 Å². The molecule has 15 heavy (non-hydrogen) atoms. The first-order valence-corrected chi connectivity index (χ1v) is 5.68. The monoisotopic (exact) mass is 208 g/mol. The van der Waals surface area contributed by atoms with Crippen molar-refractivity contribution < 1.29 is 5.11 Å². The lowest BCUT2D eigenvalue weighted by atomic mass is 9.78. The predicted molar refractivity (Wildman–Crippen MR) is 59.3 cm³/mol. The average Bonchev–Trinajstić information content (AvgIpc) is 2.70. The molecule has 1 heterocycles. The number of aliphatic hydroxyl groups excluding tert-OH is 1. The van der Waals surface area contributed by atoms with Crippen LogP contribution in [0.4, 0.5) is 0 Å². The van der Waals surface area contributed by atoms with Gasteiger partial charge < -0.3 is 5.11 Å². The molecule has 1 aliphatic carbocycles. The van der Waals surface area contributed by atoms with E-state index in [2.05, 4.69) is 18.9 Å². The summed E-state index contributed by atoms with van der Waals surface area (Å²) in [5.41, 5.74) is 1.19. The molecule has 2 unspecified atom stereocenters. The molecule has 1 aromatic heterocycles. The fraction of sp³-hybridized carbons (Fsp3) is 0.750. The molecule has 0 radical (unpaired) electrons. The maximum atomic E-state index is 10.4. The van der Waals surface area contributed by atoms with Crippen molar-refractivity contribution in [3.63, 3.8) is 0 Å². The van der Waals surface area contributed by atoms with E-state index in [1.165, 1.54) is 12.8 Å². The number of rotatable bonds is 2. The van der Waals surface area contributed by atoms with E-state index in [0.29, 0.717) is 5.92 Å². The third kappa shape index (κ3) is 1.81. The van der Waals surface area contributed by atoms with E-state index in [4.69, 9.17) is 0 Å². The molecule has 1 aromatic rings. The highest BCUT2D eigenvalue weighted by Crippen LogP contribution is 2.48. The first kappa shape index (κ1) is 10.7. The molecular weight excluding hydrogens is 188 g/mol. The number of hydrogen-bond donors (Lipinski definition) is 1. The number of aryl methyl sites for hydroxylation is 1. The van der Waals surface area contributed by atoms with Gasteiger partial charge >= 0.3 is 0 Å². The van der Waals surface area contributed by atoms with Crippen molar-refractivity contribution in [2.45, 2.75) is 39.2 Å². The van der Waals surface area contributed by atoms with Crippen molar-refractivity contribution in [3.05, 3.63) is 18.0 Å². The van der Waals surface area contributed by atoms with Gasteiger partial charge in [-0.3, -0.25) is 4.68 Å². The van der Waals surface area contributed by atoms with E-state index in [1.807, 2.05) is 13.1 Å². The third-order valence-electron chi connectivity index (χ3n) is 3.88. The minimum absolute atomic E-state index is 0.254. The van der Waals surface area contributed by atoms with Crippen LogP contribution in [0, 0.1) is 11.3 Å². The van der Waals surface area contributed by atoms with Crippen molar-refractivity contribution in [1.29, 1.82) is 0 Å². The van der Waals surface area contributed by atoms with Gasteiger partial charge in [-0.05, 0) is 30.2 Å². The van der Waals surface area contributed by atoms with E-state index in [0.717, 1.165) is 12.1 Å². The highest BCUT2D eigenvalue weighted by molar-refractivity contribution is 5.08. The molecule has 0 saturated heterocycles. The van der Waals surface area contributed by atoms with Gasteiger partial charge in [0, 0.05) is 13.2 Å². The topological polar surface area (TPSA) is 38.0 Å². The summed E-state index contributed by atoms with van der Waals surface area (Å²) in [6.07, 6.45) is 4.95. The van der Waals surface area contributed by atoms with E-state index in [1.54, 1.807) is 10.9 Å². The summed E-state index contributed by atoms with van der Waals surface area (Å²) < 4.78 is 1.78. The van der Waals surface area contributed by atoms with Crippen LogP contribution in [0.3, 0.4) is 0 Å². The molecular formula is C12H20N2O. The van der Waals surface area contributed by atoms with E-state index in [-0.39, 0.29) is 11.5 Å². The normalized spacial score (nSPS) is 26.8. The van der Waals surface area contributed by atoms with E-state index < -0.39 is 0 Å². The Morgan fingerprint density at radius 1 is 1.60 bits per heavy atom. The Morgan fingerprint density at radius 3 is 2.80 bits per heavy atom. The van der Waals surface area contributed by atoms with Crippen molar-refractivity contribution >= 4 is 0 Å². The van der Waals surface area contributed by atoms with Crippen LogP contribution in [-0.4, -0.2) is 14.9 Å². The Hall–Kier alpha value is -0.830. The third-order valence-corrected chi connectivity index (χ3v) is 3.88. The molecule has 0 amide bonds. The summed E-state index contributed by atoms with van der Waals surface area (Å²) in [7, 11) is 1.89. The van der Waals surface area contributed by atoms with Crippen molar-refractivity contribution in [1.82, 2.24) is 9.78 Å². The second-order valence-corrected chi connectivity index (χ2v) is 5.31. The molecule has 3 nitrogen and oxygen atoms in total. The zero-order valence-electron chi connectivity index (χ0n) is 9.77. The minimum Gasteiger partial charge on any atom is -0.387 e. The highest BCUT2D eigenvalue weighted by atomic mass is 16.3. The Balaban J connectivity index is 2.21. The molecule has 1 aliphatic rings. The summed E-state index contributed by atoms with van der Waals surface area (Å²) in [5, 5.41) is 14.5. The molecule has 0 aromatic carbocycles. The zero-order chi connectivity index (χ0) is 11.1. The molecule has 1 saturated carbocycles. The van der Waals surface area contributed by atoms with Crippen LogP contribution in [0.1, 0.15) is 44.9 Å². The Morgan fingerprint density at radius 2 is 2.33 bits per heavy atom. The van der Waals surface area contributed by atoms with Gasteiger partial charge in [0.25, 0.3) is 0 Å². The standard InChI is InChI=1S/C12H20N2O/c1-12(2)7-4-5-9(12)11(15)10-6-8-13-14(10)3/h6,8-9,11,15H,4-5,7H2,1-3H3. The average molecular weight is 208 g/mol. The van der Waals surface area contributed by atoms with E-state index >= 15 is 0 Å². The lowest BCUT2D eigenvalue weighted by Gasteiger charge is -2.31. The van der Waals surface area contributed by atoms with Crippen molar-refractivity contribution in [2.24, 2.45) is 18.4 Å². The van der Waals surface area contributed by atoms with Crippen molar-refractivity contribution in [3.8, 4) is 0 Å². The van der Waals surface area contributed by atoms with Crippen LogP contribution in [0.5, 0.6) is 0 Å². The van der Waals surface area contributed by atoms with Crippen LogP contribution < -0.4 is 0 Å². The van der Waals surface area contributed by atoms with Crippen LogP contribution in [-0.2, 0) is 7.05 Å². The minimum atomic E-state index is -0.366. The largest absolute Gasteiger partial charge is 0.387 e. The number of nitrogens with zero attached hydrogens (tertiary/aromatic N) is 2.